The van der Waals surface area contributed by atoms with Gasteiger partial charge < -0.3 is 4.90 Å². The molecule has 0 spiro atoms. The third-order valence-electron chi connectivity index (χ3n) is 4.24. The van der Waals surface area contributed by atoms with Crippen LogP contribution in [0.5, 0.6) is 0 Å². The van der Waals surface area contributed by atoms with Gasteiger partial charge in [0.1, 0.15) is 5.84 Å². The molecule has 1 aromatic carbocycles. The number of hydrogen-bond donors (Lipinski definition) is 0. The van der Waals surface area contributed by atoms with Crippen LogP contribution in [-0.2, 0) is 6.54 Å². The van der Waals surface area contributed by atoms with Crippen LogP contribution in [0, 0.1) is 10.8 Å². The first-order chi connectivity index (χ1) is 9.24. The average molecular weight is 291 g/mol. The largest absolute Gasteiger partial charge is 0.355 e. The van der Waals surface area contributed by atoms with Crippen LogP contribution >= 0.6 is 11.6 Å². The van der Waals surface area contributed by atoms with Gasteiger partial charge in [0.25, 0.3) is 0 Å². The molecule has 0 bridgehead atoms. The van der Waals surface area contributed by atoms with E-state index in [9.17, 15) is 0 Å². The maximum Gasteiger partial charge on any atom is 0.106 e. The Hall–Kier alpha value is -1.02. The van der Waals surface area contributed by atoms with Gasteiger partial charge in [0, 0.05) is 24.5 Å². The molecule has 0 radical (unpaired) electrons. The first kappa shape index (κ1) is 13.9. The number of halogens is 1. The van der Waals surface area contributed by atoms with Gasteiger partial charge in [-0.25, -0.2) is 4.99 Å². The lowest BCUT2D eigenvalue weighted by atomic mass is 9.74. The van der Waals surface area contributed by atoms with Gasteiger partial charge in [0.05, 0.1) is 5.69 Å². The van der Waals surface area contributed by atoms with E-state index in [2.05, 4.69) is 38.7 Å². The summed E-state index contributed by atoms with van der Waals surface area (Å²) >= 11 is 6.10. The van der Waals surface area contributed by atoms with E-state index in [1.165, 1.54) is 17.8 Å². The summed E-state index contributed by atoms with van der Waals surface area (Å²) in [5, 5.41) is 0.773. The van der Waals surface area contributed by atoms with Crippen molar-refractivity contribution < 1.29 is 0 Å². The fourth-order valence-electron chi connectivity index (χ4n) is 3.94. The second-order valence-electron chi connectivity index (χ2n) is 7.84. The summed E-state index contributed by atoms with van der Waals surface area (Å²) in [6.45, 7) is 11.5. The smallest absolute Gasteiger partial charge is 0.106 e. The second-order valence-corrected chi connectivity index (χ2v) is 8.28. The van der Waals surface area contributed by atoms with Crippen LogP contribution in [0.4, 0.5) is 5.69 Å². The number of rotatable bonds is 0. The van der Waals surface area contributed by atoms with E-state index in [0.29, 0.717) is 10.8 Å². The molecule has 0 atom stereocenters. The highest BCUT2D eigenvalue weighted by molar-refractivity contribution is 6.30. The molecular formula is C17H23ClN2. The number of nitrogens with zero attached hydrogens (tertiary/aromatic N) is 2. The molecule has 0 saturated carbocycles. The molecule has 3 rings (SSSR count). The summed E-state index contributed by atoms with van der Waals surface area (Å²) in [5.41, 5.74) is 2.96. The van der Waals surface area contributed by atoms with Crippen LogP contribution in [-0.4, -0.2) is 17.3 Å². The van der Waals surface area contributed by atoms with Crippen LogP contribution in [0.25, 0.3) is 0 Å². The quantitative estimate of drug-likeness (QED) is 0.654. The summed E-state index contributed by atoms with van der Waals surface area (Å²) in [4.78, 5) is 7.37. The van der Waals surface area contributed by atoms with Gasteiger partial charge in [0.15, 0.2) is 0 Å². The van der Waals surface area contributed by atoms with E-state index in [0.717, 1.165) is 30.2 Å². The van der Waals surface area contributed by atoms with E-state index in [-0.39, 0.29) is 0 Å². The number of benzene rings is 1. The minimum absolute atomic E-state index is 0.299. The summed E-state index contributed by atoms with van der Waals surface area (Å²) < 4.78 is 0. The van der Waals surface area contributed by atoms with Crippen molar-refractivity contribution in [3.63, 3.8) is 0 Å². The topological polar surface area (TPSA) is 15.6 Å². The van der Waals surface area contributed by atoms with Crippen LogP contribution in [0.2, 0.25) is 5.02 Å². The van der Waals surface area contributed by atoms with Gasteiger partial charge >= 0.3 is 0 Å². The Bertz CT molecular complexity index is 572. The van der Waals surface area contributed by atoms with Crippen molar-refractivity contribution in [2.24, 2.45) is 15.8 Å². The summed E-state index contributed by atoms with van der Waals surface area (Å²) in [6.07, 6.45) is 2.27. The average Bonchev–Trinajstić information content (AvgIpc) is 2.36. The van der Waals surface area contributed by atoms with Gasteiger partial charge in [-0.15, -0.1) is 0 Å². The maximum atomic E-state index is 6.10. The molecule has 1 aromatic rings. The maximum absolute atomic E-state index is 6.10. The summed E-state index contributed by atoms with van der Waals surface area (Å²) in [5.74, 6) is 1.23. The molecule has 0 unspecified atom stereocenters. The van der Waals surface area contributed by atoms with Gasteiger partial charge in [-0.3, -0.25) is 0 Å². The molecule has 1 fully saturated rings. The van der Waals surface area contributed by atoms with Crippen LogP contribution < -0.4 is 0 Å². The van der Waals surface area contributed by atoms with Crippen molar-refractivity contribution in [3.8, 4) is 0 Å². The Kier molecular flexibility index (Phi) is 3.13. The van der Waals surface area contributed by atoms with Crippen molar-refractivity contribution in [2.75, 3.05) is 6.54 Å². The zero-order valence-corrected chi connectivity index (χ0v) is 13.6. The van der Waals surface area contributed by atoms with Crippen molar-refractivity contribution in [3.05, 3.63) is 28.8 Å². The predicted molar refractivity (Wildman–Crippen MR) is 85.8 cm³/mol. The lowest BCUT2D eigenvalue weighted by molar-refractivity contribution is 0.185. The second kappa shape index (κ2) is 4.49. The van der Waals surface area contributed by atoms with Crippen molar-refractivity contribution in [1.29, 1.82) is 0 Å². The van der Waals surface area contributed by atoms with Gasteiger partial charge in [0.2, 0.25) is 0 Å². The first-order valence-corrected chi connectivity index (χ1v) is 7.73. The van der Waals surface area contributed by atoms with Gasteiger partial charge in [-0.1, -0.05) is 45.4 Å². The monoisotopic (exact) mass is 290 g/mol. The number of aliphatic imine (C=N–C) groups is 1. The Labute approximate surface area is 126 Å². The van der Waals surface area contributed by atoms with Crippen LogP contribution in [0.1, 0.15) is 46.1 Å². The standard InChI is InChI=1S/C17H23ClN2/c1-16(2)8-15-19-14-7-13(18)6-5-12(14)9-20(15)11-17(3,4)10-16/h5-7H,8-11H2,1-4H3. The third kappa shape index (κ3) is 2.71. The minimum atomic E-state index is 0.299. The molecule has 1 saturated heterocycles. The highest BCUT2D eigenvalue weighted by Gasteiger charge is 2.38. The third-order valence-corrected chi connectivity index (χ3v) is 4.47. The van der Waals surface area contributed by atoms with E-state index < -0.39 is 0 Å². The molecule has 108 valence electrons. The molecule has 3 heteroatoms. The summed E-state index contributed by atoms with van der Waals surface area (Å²) in [7, 11) is 0. The molecule has 2 nitrogen and oxygen atoms in total. The fourth-order valence-corrected chi connectivity index (χ4v) is 4.10. The number of amidine groups is 1. The van der Waals surface area contributed by atoms with Crippen LogP contribution in [0.3, 0.4) is 0 Å². The highest BCUT2D eigenvalue weighted by atomic mass is 35.5. The molecule has 2 aliphatic heterocycles. The first-order valence-electron chi connectivity index (χ1n) is 7.35. The molecule has 20 heavy (non-hydrogen) atoms. The zero-order valence-electron chi connectivity index (χ0n) is 12.8. The van der Waals surface area contributed by atoms with Crippen molar-refractivity contribution in [1.82, 2.24) is 4.90 Å². The van der Waals surface area contributed by atoms with E-state index in [1.807, 2.05) is 12.1 Å². The molecule has 2 aliphatic rings. The molecule has 0 aromatic heterocycles. The lowest BCUT2D eigenvalue weighted by Gasteiger charge is -2.34. The minimum Gasteiger partial charge on any atom is -0.355 e. The zero-order chi connectivity index (χ0) is 14.5. The predicted octanol–water partition coefficient (Wildman–Crippen LogP) is 5.03. The highest BCUT2D eigenvalue weighted by Crippen LogP contribution is 2.43. The lowest BCUT2D eigenvalue weighted by Crippen LogP contribution is -2.37. The number of hydrogen-bond acceptors (Lipinski definition) is 2. The van der Waals surface area contributed by atoms with Crippen molar-refractivity contribution in [2.45, 2.75) is 47.1 Å². The Balaban J connectivity index is 2.03. The van der Waals surface area contributed by atoms with Crippen LogP contribution in [0.15, 0.2) is 23.2 Å². The molecule has 2 heterocycles. The number of fused-ring (bicyclic) bond motifs is 2. The molecule has 0 amide bonds. The fraction of sp³-hybridized carbons (Fsp3) is 0.588. The van der Waals surface area contributed by atoms with Gasteiger partial charge in [-0.2, -0.15) is 0 Å². The molecule has 0 N–H and O–H groups in total. The SMILES string of the molecule is CC1(C)CC2=Nc3cc(Cl)ccc3CN2CC(C)(C)C1. The Morgan fingerprint density at radius 2 is 1.90 bits per heavy atom. The van der Waals surface area contributed by atoms with E-state index in [4.69, 9.17) is 16.6 Å². The molecular weight excluding hydrogens is 268 g/mol. The normalized spacial score (nSPS) is 23.4. The van der Waals surface area contributed by atoms with E-state index >= 15 is 0 Å². The van der Waals surface area contributed by atoms with Gasteiger partial charge in [-0.05, 0) is 34.9 Å². The summed E-state index contributed by atoms with van der Waals surface area (Å²) in [6, 6.07) is 6.07. The van der Waals surface area contributed by atoms with Crippen molar-refractivity contribution >= 4 is 23.1 Å². The Morgan fingerprint density at radius 3 is 2.65 bits per heavy atom. The van der Waals surface area contributed by atoms with E-state index in [1.54, 1.807) is 0 Å². The molecule has 0 aliphatic carbocycles. The Morgan fingerprint density at radius 1 is 1.15 bits per heavy atom.